The van der Waals surface area contributed by atoms with Gasteiger partial charge in [0.2, 0.25) is 0 Å². The van der Waals surface area contributed by atoms with E-state index >= 15 is 0 Å². The van der Waals surface area contributed by atoms with Crippen LogP contribution in [-0.2, 0) is 6.54 Å². The van der Waals surface area contributed by atoms with Crippen molar-refractivity contribution in [2.45, 2.75) is 32.5 Å². The van der Waals surface area contributed by atoms with Gasteiger partial charge < -0.3 is 15.2 Å². The maximum absolute atomic E-state index is 5.70. The minimum Gasteiger partial charge on any atom is -0.362 e. The molecule has 1 aliphatic rings. The van der Waals surface area contributed by atoms with Crippen LogP contribution in [0.2, 0.25) is 0 Å². The van der Waals surface area contributed by atoms with E-state index in [1.165, 1.54) is 5.56 Å². The molecule has 0 aromatic carbocycles. The van der Waals surface area contributed by atoms with Crippen LogP contribution in [0, 0.1) is 13.8 Å². The number of pyridine rings is 2. The predicted octanol–water partition coefficient (Wildman–Crippen LogP) is 3.59. The molecule has 26 heavy (non-hydrogen) atoms. The van der Waals surface area contributed by atoms with Gasteiger partial charge in [0.1, 0.15) is 0 Å². The van der Waals surface area contributed by atoms with Gasteiger partial charge in [0.05, 0.1) is 17.8 Å². The Hall–Kier alpha value is -2.73. The second kappa shape index (κ2) is 6.88. The number of nitrogens with one attached hydrogen (secondary N) is 2. The Kier molecular flexibility index (Phi) is 4.42. The number of hydrogen-bond donors (Lipinski definition) is 2. The first-order chi connectivity index (χ1) is 12.6. The SMILES string of the molecule is Cc1cc([C@@H]2[C@H](c3ccccn3)NC(=S)N2Cc2cccnc2)c(C)[nH]1. The van der Waals surface area contributed by atoms with Gasteiger partial charge in [-0.2, -0.15) is 0 Å². The second-order valence-electron chi connectivity index (χ2n) is 6.65. The quantitative estimate of drug-likeness (QED) is 0.694. The van der Waals surface area contributed by atoms with Crippen LogP contribution in [0.4, 0.5) is 0 Å². The number of aromatic amines is 1. The van der Waals surface area contributed by atoms with E-state index in [0.29, 0.717) is 6.54 Å². The molecule has 3 aromatic rings. The molecular formula is C20H21N5S. The molecule has 3 aromatic heterocycles. The molecule has 0 saturated carbocycles. The standard InChI is InChI=1S/C20H21N5S/c1-13-10-16(14(2)23-13)19-18(17-7-3-4-9-22-17)24-20(26)25(19)12-15-6-5-8-21-11-15/h3-11,18-19,23H,12H2,1-2H3,(H,24,26)/t18-,19+/m0/s1. The number of nitrogens with zero attached hydrogens (tertiary/aromatic N) is 3. The molecule has 2 N–H and O–H groups in total. The highest BCUT2D eigenvalue weighted by atomic mass is 32.1. The first kappa shape index (κ1) is 16.7. The van der Waals surface area contributed by atoms with Gasteiger partial charge in [-0.15, -0.1) is 0 Å². The van der Waals surface area contributed by atoms with Crippen molar-refractivity contribution in [3.05, 3.63) is 83.2 Å². The summed E-state index contributed by atoms with van der Waals surface area (Å²) >= 11 is 5.70. The molecule has 6 heteroatoms. The third-order valence-corrected chi connectivity index (χ3v) is 5.13. The van der Waals surface area contributed by atoms with Gasteiger partial charge in [-0.3, -0.25) is 9.97 Å². The molecule has 0 aliphatic carbocycles. The summed E-state index contributed by atoms with van der Waals surface area (Å²) in [6.45, 7) is 4.90. The number of hydrogen-bond acceptors (Lipinski definition) is 3. The van der Waals surface area contributed by atoms with Crippen LogP contribution in [0.5, 0.6) is 0 Å². The van der Waals surface area contributed by atoms with Crippen LogP contribution < -0.4 is 5.32 Å². The zero-order valence-electron chi connectivity index (χ0n) is 14.8. The topological polar surface area (TPSA) is 56.8 Å². The Bertz CT molecular complexity index is 906. The normalized spacial score (nSPS) is 19.6. The maximum Gasteiger partial charge on any atom is 0.170 e. The third kappa shape index (κ3) is 3.08. The number of aromatic nitrogens is 3. The lowest BCUT2D eigenvalue weighted by Crippen LogP contribution is -2.29. The lowest BCUT2D eigenvalue weighted by Gasteiger charge is -2.28. The molecule has 0 amide bonds. The molecular weight excluding hydrogens is 342 g/mol. The van der Waals surface area contributed by atoms with Crippen molar-refractivity contribution < 1.29 is 0 Å². The van der Waals surface area contributed by atoms with Crippen molar-refractivity contribution in [1.82, 2.24) is 25.2 Å². The first-order valence-electron chi connectivity index (χ1n) is 8.66. The highest BCUT2D eigenvalue weighted by Gasteiger charge is 2.40. The Morgan fingerprint density at radius 2 is 2.04 bits per heavy atom. The van der Waals surface area contributed by atoms with Crippen molar-refractivity contribution in [1.29, 1.82) is 0 Å². The number of H-pyrrole nitrogens is 1. The van der Waals surface area contributed by atoms with Crippen LogP contribution in [0.25, 0.3) is 0 Å². The van der Waals surface area contributed by atoms with Crippen molar-refractivity contribution in [2.24, 2.45) is 0 Å². The molecule has 0 radical (unpaired) electrons. The highest BCUT2D eigenvalue weighted by Crippen LogP contribution is 2.40. The fraction of sp³-hybridized carbons (Fsp3) is 0.250. The van der Waals surface area contributed by atoms with Crippen molar-refractivity contribution in [3.8, 4) is 0 Å². The Morgan fingerprint density at radius 1 is 1.15 bits per heavy atom. The van der Waals surface area contributed by atoms with E-state index in [2.05, 4.69) is 57.2 Å². The summed E-state index contributed by atoms with van der Waals surface area (Å²) in [6, 6.07) is 12.3. The summed E-state index contributed by atoms with van der Waals surface area (Å²) < 4.78 is 0. The van der Waals surface area contributed by atoms with E-state index < -0.39 is 0 Å². The molecule has 1 fully saturated rings. The minimum atomic E-state index is 0.00858. The zero-order valence-corrected chi connectivity index (χ0v) is 15.6. The Balaban J connectivity index is 1.76. The number of thiocarbonyl (C=S) groups is 1. The van der Waals surface area contributed by atoms with Gasteiger partial charge in [-0.25, -0.2) is 0 Å². The Labute approximate surface area is 158 Å². The first-order valence-corrected chi connectivity index (χ1v) is 9.07. The summed E-state index contributed by atoms with van der Waals surface area (Å²) in [5, 5.41) is 4.23. The summed E-state index contributed by atoms with van der Waals surface area (Å²) in [4.78, 5) is 14.5. The van der Waals surface area contributed by atoms with Crippen LogP contribution in [0.15, 0.2) is 55.0 Å². The maximum atomic E-state index is 5.70. The van der Waals surface area contributed by atoms with E-state index in [1.807, 2.05) is 30.6 Å². The Morgan fingerprint density at radius 3 is 2.69 bits per heavy atom. The van der Waals surface area contributed by atoms with E-state index in [1.54, 1.807) is 6.20 Å². The summed E-state index contributed by atoms with van der Waals surface area (Å²) in [5.74, 6) is 0. The molecule has 0 spiro atoms. The van der Waals surface area contributed by atoms with Crippen LogP contribution in [0.3, 0.4) is 0 Å². The fourth-order valence-electron chi connectivity index (χ4n) is 3.66. The summed E-state index contributed by atoms with van der Waals surface area (Å²) in [6.07, 6.45) is 5.51. The molecule has 132 valence electrons. The average molecular weight is 363 g/mol. The smallest absolute Gasteiger partial charge is 0.170 e. The predicted molar refractivity (Wildman–Crippen MR) is 105 cm³/mol. The average Bonchev–Trinajstić information content (AvgIpc) is 3.15. The van der Waals surface area contributed by atoms with Crippen LogP contribution in [0.1, 0.15) is 40.3 Å². The van der Waals surface area contributed by atoms with Gasteiger partial charge >= 0.3 is 0 Å². The molecule has 1 aliphatic heterocycles. The fourth-order valence-corrected chi connectivity index (χ4v) is 3.96. The van der Waals surface area contributed by atoms with E-state index in [4.69, 9.17) is 12.2 Å². The molecule has 0 unspecified atom stereocenters. The van der Waals surface area contributed by atoms with Crippen molar-refractivity contribution >= 4 is 17.3 Å². The molecule has 0 bridgehead atoms. The summed E-state index contributed by atoms with van der Waals surface area (Å²) in [7, 11) is 0. The highest BCUT2D eigenvalue weighted by molar-refractivity contribution is 7.80. The third-order valence-electron chi connectivity index (χ3n) is 4.78. The minimum absolute atomic E-state index is 0.00858. The van der Waals surface area contributed by atoms with Gasteiger partial charge in [0, 0.05) is 36.5 Å². The van der Waals surface area contributed by atoms with Gasteiger partial charge in [-0.05, 0) is 61.5 Å². The monoisotopic (exact) mass is 363 g/mol. The van der Waals surface area contributed by atoms with Crippen LogP contribution in [-0.4, -0.2) is 25.0 Å². The summed E-state index contributed by atoms with van der Waals surface area (Å²) in [5.41, 5.74) is 5.68. The van der Waals surface area contributed by atoms with E-state index in [-0.39, 0.29) is 12.1 Å². The molecule has 1 saturated heterocycles. The zero-order chi connectivity index (χ0) is 18.1. The molecule has 5 nitrogen and oxygen atoms in total. The van der Waals surface area contributed by atoms with Crippen molar-refractivity contribution in [3.63, 3.8) is 0 Å². The van der Waals surface area contributed by atoms with Gasteiger partial charge in [-0.1, -0.05) is 12.1 Å². The lowest BCUT2D eigenvalue weighted by molar-refractivity contribution is 0.310. The molecule has 4 rings (SSSR count). The van der Waals surface area contributed by atoms with E-state index in [0.717, 1.165) is 27.8 Å². The number of aryl methyl sites for hydroxylation is 2. The van der Waals surface area contributed by atoms with Gasteiger partial charge in [0.25, 0.3) is 0 Å². The second-order valence-corrected chi connectivity index (χ2v) is 7.04. The van der Waals surface area contributed by atoms with Gasteiger partial charge in [0.15, 0.2) is 5.11 Å². The van der Waals surface area contributed by atoms with Crippen LogP contribution >= 0.6 is 12.2 Å². The number of rotatable bonds is 4. The van der Waals surface area contributed by atoms with E-state index in [9.17, 15) is 0 Å². The molecule has 2 atom stereocenters. The lowest BCUT2D eigenvalue weighted by atomic mass is 9.96. The largest absolute Gasteiger partial charge is 0.362 e. The molecule has 4 heterocycles. The van der Waals surface area contributed by atoms with Crippen molar-refractivity contribution in [2.75, 3.05) is 0 Å².